The van der Waals surface area contributed by atoms with Gasteiger partial charge in [0.05, 0.1) is 33.9 Å². The first-order valence-electron chi connectivity index (χ1n) is 8.46. The predicted molar refractivity (Wildman–Crippen MR) is 96.2 cm³/mol. The summed E-state index contributed by atoms with van der Waals surface area (Å²) in [5, 5.41) is 11.4. The Balaban J connectivity index is 1.70. The number of anilines is 2. The summed E-state index contributed by atoms with van der Waals surface area (Å²) in [5.74, 6) is 0.362. The van der Waals surface area contributed by atoms with Gasteiger partial charge in [0.15, 0.2) is 5.65 Å². The van der Waals surface area contributed by atoms with Gasteiger partial charge in [0, 0.05) is 0 Å². The van der Waals surface area contributed by atoms with Gasteiger partial charge in [-0.05, 0) is 44.1 Å². The zero-order valence-corrected chi connectivity index (χ0v) is 14.8. The molecule has 142 valence electrons. The highest BCUT2D eigenvalue weighted by Crippen LogP contribution is 2.35. The molecule has 2 aromatic heterocycles. The summed E-state index contributed by atoms with van der Waals surface area (Å²) in [4.78, 5) is 8.48. The maximum Gasteiger partial charge on any atom is 0.416 e. The van der Waals surface area contributed by atoms with E-state index in [1.54, 1.807) is 6.20 Å². The minimum atomic E-state index is -4.46. The normalized spacial score (nSPS) is 16.0. The number of hydrogen-bond acceptors (Lipinski definition) is 5. The van der Waals surface area contributed by atoms with Crippen molar-refractivity contribution in [3.05, 3.63) is 41.3 Å². The van der Waals surface area contributed by atoms with E-state index in [0.717, 1.165) is 38.1 Å². The molecule has 3 heterocycles. The molecule has 10 heteroatoms. The van der Waals surface area contributed by atoms with Crippen molar-refractivity contribution >= 4 is 34.1 Å². The van der Waals surface area contributed by atoms with Crippen LogP contribution >= 0.6 is 11.6 Å². The zero-order chi connectivity index (χ0) is 19.0. The number of nitrogens with zero attached hydrogens (tertiary/aromatic N) is 4. The Morgan fingerprint density at radius 1 is 1.19 bits per heavy atom. The maximum absolute atomic E-state index is 13.0. The molecule has 1 saturated heterocycles. The van der Waals surface area contributed by atoms with E-state index in [9.17, 15) is 13.2 Å². The van der Waals surface area contributed by atoms with Crippen LogP contribution in [0.1, 0.15) is 24.4 Å². The third-order valence-corrected chi connectivity index (χ3v) is 4.92. The number of halogens is 4. The Kier molecular flexibility index (Phi) is 4.65. The fraction of sp³-hybridized carbons (Fsp3) is 0.353. The number of rotatable bonds is 3. The van der Waals surface area contributed by atoms with Gasteiger partial charge in [0.2, 0.25) is 0 Å². The van der Waals surface area contributed by atoms with Crippen molar-refractivity contribution in [1.82, 2.24) is 25.1 Å². The lowest BCUT2D eigenvalue weighted by Crippen LogP contribution is -2.29. The minimum Gasteiger partial charge on any atom is -0.338 e. The molecular weight excluding hydrogens is 381 g/mol. The monoisotopic (exact) mass is 396 g/mol. The van der Waals surface area contributed by atoms with E-state index in [4.69, 9.17) is 11.6 Å². The Hall–Kier alpha value is -2.39. The highest BCUT2D eigenvalue weighted by molar-refractivity contribution is 6.33. The summed E-state index contributed by atoms with van der Waals surface area (Å²) in [5.41, 5.74) is -0.0197. The Labute approximate surface area is 157 Å². The number of nitrogens with one attached hydrogen (secondary N) is 2. The summed E-state index contributed by atoms with van der Waals surface area (Å²) in [6, 6.07) is 3.35. The van der Waals surface area contributed by atoms with E-state index in [1.807, 2.05) is 4.68 Å². The molecule has 0 unspecified atom stereocenters. The summed E-state index contributed by atoms with van der Waals surface area (Å²) < 4.78 is 40.8. The van der Waals surface area contributed by atoms with Gasteiger partial charge < -0.3 is 10.6 Å². The SMILES string of the molecule is FC(F)(F)c1ccc(Cl)c(Nc2ncnc3c2cnn3C2CCNCC2)c1. The maximum atomic E-state index is 13.0. The zero-order valence-electron chi connectivity index (χ0n) is 14.1. The third-order valence-electron chi connectivity index (χ3n) is 4.59. The van der Waals surface area contributed by atoms with Crippen LogP contribution < -0.4 is 10.6 Å². The van der Waals surface area contributed by atoms with Crippen molar-refractivity contribution in [3.8, 4) is 0 Å². The highest BCUT2D eigenvalue weighted by Gasteiger charge is 2.31. The Morgan fingerprint density at radius 3 is 2.70 bits per heavy atom. The molecule has 1 aliphatic heterocycles. The Morgan fingerprint density at radius 2 is 1.96 bits per heavy atom. The lowest BCUT2D eigenvalue weighted by atomic mass is 10.1. The van der Waals surface area contributed by atoms with Crippen LogP contribution in [-0.2, 0) is 6.18 Å². The van der Waals surface area contributed by atoms with E-state index in [-0.39, 0.29) is 16.8 Å². The van der Waals surface area contributed by atoms with E-state index < -0.39 is 11.7 Å². The predicted octanol–water partition coefficient (Wildman–Crippen LogP) is 4.17. The molecular formula is C17H16ClF3N6. The second kappa shape index (κ2) is 6.97. The molecule has 27 heavy (non-hydrogen) atoms. The van der Waals surface area contributed by atoms with Gasteiger partial charge in [0.25, 0.3) is 0 Å². The van der Waals surface area contributed by atoms with Crippen molar-refractivity contribution in [2.45, 2.75) is 25.1 Å². The van der Waals surface area contributed by atoms with E-state index in [1.165, 1.54) is 12.4 Å². The molecule has 0 spiro atoms. The van der Waals surface area contributed by atoms with Crippen LogP contribution in [0, 0.1) is 0 Å². The van der Waals surface area contributed by atoms with Crippen LogP contribution in [0.25, 0.3) is 11.0 Å². The molecule has 1 fully saturated rings. The van der Waals surface area contributed by atoms with Gasteiger partial charge in [-0.25, -0.2) is 14.6 Å². The van der Waals surface area contributed by atoms with Crippen LogP contribution in [0.2, 0.25) is 5.02 Å². The van der Waals surface area contributed by atoms with Crippen LogP contribution in [0.3, 0.4) is 0 Å². The third kappa shape index (κ3) is 3.57. The number of piperidine rings is 1. The smallest absolute Gasteiger partial charge is 0.338 e. The number of hydrogen-bond donors (Lipinski definition) is 2. The molecule has 0 aliphatic carbocycles. The summed E-state index contributed by atoms with van der Waals surface area (Å²) >= 11 is 6.07. The number of fused-ring (bicyclic) bond motifs is 1. The van der Waals surface area contributed by atoms with Gasteiger partial charge in [-0.15, -0.1) is 0 Å². The average Bonchev–Trinajstić information content (AvgIpc) is 3.08. The lowest BCUT2D eigenvalue weighted by molar-refractivity contribution is -0.137. The molecule has 0 bridgehead atoms. The van der Waals surface area contributed by atoms with Crippen molar-refractivity contribution in [2.24, 2.45) is 0 Å². The van der Waals surface area contributed by atoms with Gasteiger partial charge in [-0.1, -0.05) is 11.6 Å². The van der Waals surface area contributed by atoms with E-state index in [0.29, 0.717) is 16.9 Å². The molecule has 0 amide bonds. The summed E-state index contributed by atoms with van der Waals surface area (Å²) in [7, 11) is 0. The van der Waals surface area contributed by atoms with Crippen molar-refractivity contribution in [2.75, 3.05) is 18.4 Å². The van der Waals surface area contributed by atoms with Crippen LogP contribution in [0.5, 0.6) is 0 Å². The van der Waals surface area contributed by atoms with Crippen LogP contribution in [0.15, 0.2) is 30.7 Å². The number of alkyl halides is 3. The van der Waals surface area contributed by atoms with Gasteiger partial charge in [0.1, 0.15) is 12.1 Å². The summed E-state index contributed by atoms with van der Waals surface area (Å²) in [6.45, 7) is 1.81. The number of benzene rings is 1. The lowest BCUT2D eigenvalue weighted by Gasteiger charge is -2.23. The largest absolute Gasteiger partial charge is 0.416 e. The quantitative estimate of drug-likeness (QED) is 0.695. The molecule has 0 saturated carbocycles. The van der Waals surface area contributed by atoms with Crippen molar-refractivity contribution in [3.63, 3.8) is 0 Å². The molecule has 0 radical (unpaired) electrons. The van der Waals surface area contributed by atoms with Gasteiger partial charge in [-0.2, -0.15) is 18.3 Å². The van der Waals surface area contributed by atoms with Crippen molar-refractivity contribution in [1.29, 1.82) is 0 Å². The average molecular weight is 397 g/mol. The second-order valence-electron chi connectivity index (χ2n) is 6.35. The molecule has 2 N–H and O–H groups in total. The first-order chi connectivity index (χ1) is 12.9. The minimum absolute atomic E-state index is 0.126. The van der Waals surface area contributed by atoms with E-state index in [2.05, 4.69) is 25.7 Å². The summed E-state index contributed by atoms with van der Waals surface area (Å²) in [6.07, 6.45) is 0.403. The molecule has 1 aliphatic rings. The fourth-order valence-electron chi connectivity index (χ4n) is 3.21. The molecule has 1 aromatic carbocycles. The Bertz CT molecular complexity index is 965. The first-order valence-corrected chi connectivity index (χ1v) is 8.84. The van der Waals surface area contributed by atoms with E-state index >= 15 is 0 Å². The van der Waals surface area contributed by atoms with Gasteiger partial charge >= 0.3 is 6.18 Å². The molecule has 3 aromatic rings. The molecule has 0 atom stereocenters. The van der Waals surface area contributed by atoms with Crippen molar-refractivity contribution < 1.29 is 13.2 Å². The topological polar surface area (TPSA) is 67.7 Å². The van der Waals surface area contributed by atoms with Crippen LogP contribution in [0.4, 0.5) is 24.7 Å². The molecule has 4 rings (SSSR count). The molecule has 6 nitrogen and oxygen atoms in total. The fourth-order valence-corrected chi connectivity index (χ4v) is 3.37. The van der Waals surface area contributed by atoms with Crippen LogP contribution in [-0.4, -0.2) is 32.8 Å². The second-order valence-corrected chi connectivity index (χ2v) is 6.75. The van der Waals surface area contributed by atoms with Gasteiger partial charge in [-0.3, -0.25) is 0 Å². The highest BCUT2D eigenvalue weighted by atomic mass is 35.5. The number of aromatic nitrogens is 4. The first kappa shape index (κ1) is 18.0. The standard InChI is InChI=1S/C17H16ClF3N6/c18-13-2-1-10(17(19,20)21)7-14(13)26-15-12-8-25-27(16(12)24-9-23-15)11-3-5-22-6-4-11/h1-2,7-9,11,22H,3-6H2,(H,23,24,26).